The second-order valence-electron chi connectivity index (χ2n) is 4.76. The Labute approximate surface area is 119 Å². The molecule has 0 bridgehead atoms. The first-order valence-electron chi connectivity index (χ1n) is 6.46. The number of halogens is 1. The highest BCUT2D eigenvalue weighted by Crippen LogP contribution is 2.32. The van der Waals surface area contributed by atoms with Crippen LogP contribution < -0.4 is 4.74 Å². The molecule has 0 spiro atoms. The average molecular weight is 282 g/mol. The van der Waals surface area contributed by atoms with Crippen molar-refractivity contribution in [3.63, 3.8) is 0 Å². The molecule has 0 radical (unpaired) electrons. The molecule has 0 aliphatic carbocycles. The van der Waals surface area contributed by atoms with Crippen molar-refractivity contribution in [1.29, 1.82) is 0 Å². The number of rotatable bonds is 2. The zero-order valence-corrected chi connectivity index (χ0v) is 11.2. The van der Waals surface area contributed by atoms with Crippen LogP contribution >= 0.6 is 0 Å². The van der Waals surface area contributed by atoms with Crippen LogP contribution in [-0.2, 0) is 0 Å². The van der Waals surface area contributed by atoms with Gasteiger partial charge < -0.3 is 14.1 Å². The molecule has 2 heterocycles. The molecule has 0 unspecified atom stereocenters. The Bertz CT molecular complexity index is 955. The van der Waals surface area contributed by atoms with Gasteiger partial charge in [-0.2, -0.15) is 4.98 Å². The molecule has 0 saturated carbocycles. The van der Waals surface area contributed by atoms with Crippen LogP contribution in [0.3, 0.4) is 0 Å². The van der Waals surface area contributed by atoms with Crippen LogP contribution in [0.25, 0.3) is 33.1 Å². The lowest BCUT2D eigenvalue weighted by atomic mass is 10.0. The number of ether oxygens (including phenoxy) is 1. The normalized spacial score (nSPS) is 11.3. The zero-order valence-electron chi connectivity index (χ0n) is 11.2. The highest BCUT2D eigenvalue weighted by Gasteiger charge is 2.10. The highest BCUT2D eigenvalue weighted by atomic mass is 19.1. The van der Waals surface area contributed by atoms with Crippen LogP contribution in [0.15, 0.2) is 47.0 Å². The van der Waals surface area contributed by atoms with E-state index >= 15 is 0 Å². The maximum atomic E-state index is 13.2. The van der Waals surface area contributed by atoms with Crippen LogP contribution in [0, 0.1) is 5.82 Å². The summed E-state index contributed by atoms with van der Waals surface area (Å²) in [7, 11) is 1.51. The molecule has 4 aromatic rings. The summed E-state index contributed by atoms with van der Waals surface area (Å²) in [6, 6.07) is 10.4. The number of oxazole rings is 1. The molecule has 0 saturated heterocycles. The van der Waals surface area contributed by atoms with Gasteiger partial charge in [-0.05, 0) is 35.9 Å². The van der Waals surface area contributed by atoms with E-state index in [-0.39, 0.29) is 11.9 Å². The van der Waals surface area contributed by atoms with E-state index in [0.29, 0.717) is 5.58 Å². The summed E-state index contributed by atoms with van der Waals surface area (Å²) in [5.74, 6) is -0.258. The summed E-state index contributed by atoms with van der Waals surface area (Å²) < 4.78 is 23.7. The lowest BCUT2D eigenvalue weighted by Gasteiger charge is -1.99. The van der Waals surface area contributed by atoms with Crippen molar-refractivity contribution >= 4 is 22.0 Å². The zero-order chi connectivity index (χ0) is 14.4. The molecule has 4 rings (SSSR count). The number of hydrogen-bond acceptors (Lipinski definition) is 3. The molecule has 1 N–H and O–H groups in total. The molecule has 0 fully saturated rings. The van der Waals surface area contributed by atoms with E-state index in [4.69, 9.17) is 9.15 Å². The Balaban J connectivity index is 1.91. The molecule has 2 aromatic carbocycles. The number of hydrogen-bond donors (Lipinski definition) is 1. The molecule has 0 atom stereocenters. The van der Waals surface area contributed by atoms with Gasteiger partial charge in [0.05, 0.1) is 7.11 Å². The fourth-order valence-electron chi connectivity index (χ4n) is 2.50. The first-order valence-corrected chi connectivity index (χ1v) is 6.46. The SMILES string of the molecule is COc1nc2ccc(-c3c[nH]c4cc(F)ccc34)cc2o1. The summed E-state index contributed by atoms with van der Waals surface area (Å²) in [5.41, 5.74) is 4.11. The Kier molecular flexibility index (Phi) is 2.47. The third-order valence-electron chi connectivity index (χ3n) is 3.50. The van der Waals surface area contributed by atoms with Crippen molar-refractivity contribution in [2.45, 2.75) is 0 Å². The monoisotopic (exact) mass is 282 g/mol. The maximum Gasteiger partial charge on any atom is 0.394 e. The minimum absolute atomic E-state index is 0.239. The first kappa shape index (κ1) is 12.0. The van der Waals surface area contributed by atoms with Gasteiger partial charge in [-0.15, -0.1) is 0 Å². The summed E-state index contributed by atoms with van der Waals surface area (Å²) in [6.07, 6.45) is 2.10. The van der Waals surface area contributed by atoms with E-state index in [0.717, 1.165) is 27.5 Å². The van der Waals surface area contributed by atoms with Crippen molar-refractivity contribution < 1.29 is 13.5 Å². The van der Waals surface area contributed by atoms with Crippen molar-refractivity contribution in [1.82, 2.24) is 9.97 Å². The molecule has 5 heteroatoms. The van der Waals surface area contributed by atoms with Gasteiger partial charge in [0.2, 0.25) is 0 Å². The molecule has 21 heavy (non-hydrogen) atoms. The summed E-state index contributed by atoms with van der Waals surface area (Å²) >= 11 is 0. The second-order valence-corrected chi connectivity index (χ2v) is 4.76. The average Bonchev–Trinajstić information content (AvgIpc) is 3.08. The number of methoxy groups -OCH3 is 1. The molecule has 2 aromatic heterocycles. The highest BCUT2D eigenvalue weighted by molar-refractivity contribution is 5.97. The van der Waals surface area contributed by atoms with Gasteiger partial charge in [-0.25, -0.2) is 4.39 Å². The Morgan fingerprint density at radius 1 is 1.19 bits per heavy atom. The smallest absolute Gasteiger partial charge is 0.394 e. The number of aromatic amines is 1. The molecule has 0 aliphatic rings. The quantitative estimate of drug-likeness (QED) is 0.601. The van der Waals surface area contributed by atoms with Crippen LogP contribution in [0.2, 0.25) is 0 Å². The standard InChI is InChI=1S/C16H11FN2O2/c1-20-16-19-13-5-2-9(6-15(13)21-16)12-8-18-14-7-10(17)3-4-11(12)14/h2-8,18H,1H3. The van der Waals surface area contributed by atoms with Gasteiger partial charge in [0.15, 0.2) is 5.58 Å². The lowest BCUT2D eigenvalue weighted by molar-refractivity contribution is 0.299. The van der Waals surface area contributed by atoms with E-state index < -0.39 is 0 Å². The fraction of sp³-hybridized carbons (Fsp3) is 0.0625. The topological polar surface area (TPSA) is 51.0 Å². The molecular formula is C16H11FN2O2. The third kappa shape index (κ3) is 1.86. The van der Waals surface area contributed by atoms with Gasteiger partial charge >= 0.3 is 6.08 Å². The number of H-pyrrole nitrogens is 1. The van der Waals surface area contributed by atoms with E-state index in [1.165, 1.54) is 19.2 Å². The number of fused-ring (bicyclic) bond motifs is 2. The molecule has 0 amide bonds. The van der Waals surface area contributed by atoms with Crippen LogP contribution in [0.5, 0.6) is 6.08 Å². The van der Waals surface area contributed by atoms with Gasteiger partial charge in [0, 0.05) is 22.7 Å². The molecule has 0 aliphatic heterocycles. The lowest BCUT2D eigenvalue weighted by Crippen LogP contribution is -1.79. The Hall–Kier alpha value is -2.82. The molecule has 104 valence electrons. The van der Waals surface area contributed by atoms with Gasteiger partial charge in [-0.3, -0.25) is 0 Å². The number of nitrogens with one attached hydrogen (secondary N) is 1. The van der Waals surface area contributed by atoms with E-state index in [1.54, 1.807) is 6.07 Å². The molecular weight excluding hydrogens is 271 g/mol. The minimum Gasteiger partial charge on any atom is -0.453 e. The number of nitrogens with zero attached hydrogens (tertiary/aromatic N) is 1. The summed E-state index contributed by atoms with van der Waals surface area (Å²) in [4.78, 5) is 7.26. The third-order valence-corrected chi connectivity index (χ3v) is 3.50. The minimum atomic E-state index is -0.258. The predicted octanol–water partition coefficient (Wildman–Crippen LogP) is 4.12. The first-order chi connectivity index (χ1) is 10.2. The van der Waals surface area contributed by atoms with Crippen LogP contribution in [-0.4, -0.2) is 17.1 Å². The van der Waals surface area contributed by atoms with Crippen molar-refractivity contribution in [3.8, 4) is 17.2 Å². The Morgan fingerprint density at radius 2 is 2.10 bits per heavy atom. The fourth-order valence-corrected chi connectivity index (χ4v) is 2.50. The Morgan fingerprint density at radius 3 is 2.95 bits per heavy atom. The molecule has 4 nitrogen and oxygen atoms in total. The van der Waals surface area contributed by atoms with Crippen LogP contribution in [0.4, 0.5) is 4.39 Å². The number of benzene rings is 2. The largest absolute Gasteiger partial charge is 0.453 e. The van der Waals surface area contributed by atoms with Crippen molar-refractivity contribution in [2.24, 2.45) is 0 Å². The van der Waals surface area contributed by atoms with E-state index in [2.05, 4.69) is 9.97 Å². The van der Waals surface area contributed by atoms with E-state index in [9.17, 15) is 4.39 Å². The maximum absolute atomic E-state index is 13.2. The van der Waals surface area contributed by atoms with Gasteiger partial charge in [0.1, 0.15) is 11.3 Å². The second kappa shape index (κ2) is 4.34. The van der Waals surface area contributed by atoms with Crippen molar-refractivity contribution in [3.05, 3.63) is 48.4 Å². The summed E-state index contributed by atoms with van der Waals surface area (Å²) in [5, 5.41) is 0.960. The number of aromatic nitrogens is 2. The van der Waals surface area contributed by atoms with Crippen molar-refractivity contribution in [2.75, 3.05) is 7.11 Å². The van der Waals surface area contributed by atoms with E-state index in [1.807, 2.05) is 24.4 Å². The van der Waals surface area contributed by atoms with Crippen LogP contribution in [0.1, 0.15) is 0 Å². The predicted molar refractivity (Wildman–Crippen MR) is 77.8 cm³/mol. The van der Waals surface area contributed by atoms with Gasteiger partial charge in [-0.1, -0.05) is 6.07 Å². The van der Waals surface area contributed by atoms with Gasteiger partial charge in [0.25, 0.3) is 0 Å². The summed E-state index contributed by atoms with van der Waals surface area (Å²) in [6.45, 7) is 0.